The Kier molecular flexibility index (Phi) is 8.49. The zero-order valence-electron chi connectivity index (χ0n) is 18.6. The van der Waals surface area contributed by atoms with E-state index in [0.29, 0.717) is 31.3 Å². The Morgan fingerprint density at radius 2 is 1.23 bits per heavy atom. The first kappa shape index (κ1) is 24.7. The quantitative estimate of drug-likeness (QED) is 0.358. The first-order chi connectivity index (χ1) is 14.6. The molecule has 8 unspecified atom stereocenters. The van der Waals surface area contributed by atoms with Crippen LogP contribution in [0.3, 0.4) is 0 Å². The maximum Gasteiger partial charge on any atom is 0.332 e. The maximum atomic E-state index is 12.3. The van der Waals surface area contributed by atoms with Crippen LogP contribution in [0.25, 0.3) is 0 Å². The molecule has 2 rings (SSSR count). The van der Waals surface area contributed by atoms with Crippen LogP contribution in [0, 0.1) is 35.5 Å². The van der Waals surface area contributed by atoms with Crippen LogP contribution in [0.5, 0.6) is 0 Å². The molecule has 8 atom stereocenters. The zero-order valence-corrected chi connectivity index (χ0v) is 18.6. The van der Waals surface area contributed by atoms with Gasteiger partial charge in [-0.1, -0.05) is 33.3 Å². The molecule has 0 spiro atoms. The van der Waals surface area contributed by atoms with Gasteiger partial charge in [0.2, 0.25) is 12.2 Å². The second-order valence-electron chi connectivity index (χ2n) is 9.39. The van der Waals surface area contributed by atoms with Crippen molar-refractivity contribution in [2.24, 2.45) is 45.5 Å². The molecule has 0 aliphatic heterocycles. The SMILES string of the molecule is CC1CC(N=C=O)CC(C(=C(CC(=O)O)C(=O)O)C2CC(N=C=O)CC(C)C2C)C1C. The van der Waals surface area contributed by atoms with Gasteiger partial charge >= 0.3 is 11.9 Å². The van der Waals surface area contributed by atoms with E-state index in [0.717, 1.165) is 0 Å². The van der Waals surface area contributed by atoms with Gasteiger partial charge in [0.15, 0.2) is 0 Å². The third-order valence-electron chi connectivity index (χ3n) is 7.61. The Balaban J connectivity index is 2.67. The number of carbonyl (C=O) groups excluding carboxylic acids is 2. The fourth-order valence-corrected chi connectivity index (χ4v) is 5.64. The Hall–Kier alpha value is -2.56. The van der Waals surface area contributed by atoms with Gasteiger partial charge in [-0.3, -0.25) is 4.79 Å². The van der Waals surface area contributed by atoms with Crippen LogP contribution in [0.2, 0.25) is 0 Å². The highest BCUT2D eigenvalue weighted by atomic mass is 16.4. The van der Waals surface area contributed by atoms with Gasteiger partial charge in [-0.15, -0.1) is 0 Å². The molecule has 2 N–H and O–H groups in total. The topological polar surface area (TPSA) is 133 Å². The average molecular weight is 433 g/mol. The van der Waals surface area contributed by atoms with Gasteiger partial charge in [-0.2, -0.15) is 0 Å². The minimum Gasteiger partial charge on any atom is -0.481 e. The lowest BCUT2D eigenvalue weighted by atomic mass is 9.60. The molecule has 2 aliphatic carbocycles. The zero-order chi connectivity index (χ0) is 23.3. The van der Waals surface area contributed by atoms with Gasteiger partial charge in [-0.05, 0) is 61.2 Å². The first-order valence-corrected chi connectivity index (χ1v) is 10.9. The number of allylic oxidation sites excluding steroid dienone is 1. The molecule has 2 aliphatic rings. The Bertz CT molecular complexity index is 776. The van der Waals surface area contributed by atoms with Crippen LogP contribution < -0.4 is 0 Å². The molecule has 8 nitrogen and oxygen atoms in total. The Labute approximate surface area is 182 Å². The Morgan fingerprint density at radius 1 is 0.806 bits per heavy atom. The van der Waals surface area contributed by atoms with E-state index in [1.165, 1.54) is 0 Å². The number of carbonyl (C=O) groups is 2. The molecule has 0 aromatic heterocycles. The molecule has 8 heteroatoms. The minimum absolute atomic E-state index is 0.0907. The van der Waals surface area contributed by atoms with Crippen molar-refractivity contribution in [3.05, 3.63) is 11.1 Å². The highest BCUT2D eigenvalue weighted by molar-refractivity contribution is 5.93. The summed E-state index contributed by atoms with van der Waals surface area (Å²) in [7, 11) is 0. The van der Waals surface area contributed by atoms with Gasteiger partial charge in [0.05, 0.1) is 18.5 Å². The summed E-state index contributed by atoms with van der Waals surface area (Å²) in [5.41, 5.74) is 0.539. The summed E-state index contributed by atoms with van der Waals surface area (Å²) in [4.78, 5) is 53.5. The standard InChI is InChI=1S/C23H32N2O6/c1-12-5-16(24-10-26)7-18(14(12)3)22(20(23(30)31)9-21(28)29)19-8-17(25-11-27)6-13(2)15(19)4/h12-19H,5-9H2,1-4H3,(H,28,29)(H,30,31). The lowest BCUT2D eigenvalue weighted by Gasteiger charge is -2.45. The Morgan fingerprint density at radius 3 is 1.55 bits per heavy atom. The summed E-state index contributed by atoms with van der Waals surface area (Å²) < 4.78 is 0. The van der Waals surface area contributed by atoms with E-state index >= 15 is 0 Å². The lowest BCUT2D eigenvalue weighted by molar-refractivity contribution is -0.139. The first-order valence-electron chi connectivity index (χ1n) is 10.9. The van der Waals surface area contributed by atoms with Crippen LogP contribution >= 0.6 is 0 Å². The van der Waals surface area contributed by atoms with Gasteiger partial charge in [0, 0.05) is 5.57 Å². The van der Waals surface area contributed by atoms with Crippen molar-refractivity contribution in [3.8, 4) is 0 Å². The monoisotopic (exact) mass is 432 g/mol. The molecule has 0 aromatic carbocycles. The fraction of sp³-hybridized carbons (Fsp3) is 0.739. The predicted octanol–water partition coefficient (Wildman–Crippen LogP) is 3.62. The van der Waals surface area contributed by atoms with E-state index in [-0.39, 0.29) is 53.2 Å². The summed E-state index contributed by atoms with van der Waals surface area (Å²) >= 11 is 0. The van der Waals surface area contributed by atoms with Crippen molar-refractivity contribution in [1.82, 2.24) is 0 Å². The van der Waals surface area contributed by atoms with Crippen molar-refractivity contribution in [2.75, 3.05) is 0 Å². The van der Waals surface area contributed by atoms with Gasteiger partial charge in [0.25, 0.3) is 0 Å². The highest BCUT2D eigenvalue weighted by Crippen LogP contribution is 2.49. The van der Waals surface area contributed by atoms with Crippen molar-refractivity contribution in [3.63, 3.8) is 0 Å². The molecule has 0 heterocycles. The van der Waals surface area contributed by atoms with Gasteiger partial charge in [0.1, 0.15) is 0 Å². The van der Waals surface area contributed by atoms with E-state index in [1.807, 2.05) is 27.7 Å². The second-order valence-corrected chi connectivity index (χ2v) is 9.39. The minimum atomic E-state index is -1.24. The predicted molar refractivity (Wildman–Crippen MR) is 113 cm³/mol. The third kappa shape index (κ3) is 5.78. The van der Waals surface area contributed by atoms with Crippen LogP contribution in [-0.4, -0.2) is 46.4 Å². The van der Waals surface area contributed by atoms with E-state index in [9.17, 15) is 29.4 Å². The van der Waals surface area contributed by atoms with Crippen LogP contribution in [-0.2, 0) is 19.2 Å². The summed E-state index contributed by atoms with van der Waals surface area (Å²) in [6.45, 7) is 8.19. The van der Waals surface area contributed by atoms with Crippen LogP contribution in [0.1, 0.15) is 59.8 Å². The number of hydrogen-bond acceptors (Lipinski definition) is 6. The second kappa shape index (κ2) is 10.7. The third-order valence-corrected chi connectivity index (χ3v) is 7.61. The molecule has 31 heavy (non-hydrogen) atoms. The maximum absolute atomic E-state index is 12.3. The van der Waals surface area contributed by atoms with E-state index in [4.69, 9.17) is 0 Å². The largest absolute Gasteiger partial charge is 0.481 e. The molecule has 0 saturated heterocycles. The van der Waals surface area contributed by atoms with Crippen molar-refractivity contribution in [2.45, 2.75) is 71.9 Å². The smallest absolute Gasteiger partial charge is 0.332 e. The molecular formula is C23H32N2O6. The summed E-state index contributed by atoms with van der Waals surface area (Å²) in [5.74, 6) is -2.36. The summed E-state index contributed by atoms with van der Waals surface area (Å²) in [6.07, 6.45) is 5.04. The number of aliphatic imine (C=N–C) groups is 2. The molecular weight excluding hydrogens is 400 g/mol. The molecule has 0 amide bonds. The summed E-state index contributed by atoms with van der Waals surface area (Å²) in [6, 6.07) is -0.549. The van der Waals surface area contributed by atoms with Crippen molar-refractivity contribution < 1.29 is 29.4 Å². The summed E-state index contributed by atoms with van der Waals surface area (Å²) in [5, 5.41) is 19.5. The normalized spacial score (nSPS) is 35.2. The molecule has 0 aromatic rings. The lowest BCUT2D eigenvalue weighted by Crippen LogP contribution is -2.40. The molecule has 0 radical (unpaired) electrons. The number of carboxylic acids is 2. The number of nitrogens with zero attached hydrogens (tertiary/aromatic N) is 2. The van der Waals surface area contributed by atoms with Crippen molar-refractivity contribution in [1.29, 1.82) is 0 Å². The van der Waals surface area contributed by atoms with Crippen LogP contribution in [0.15, 0.2) is 21.1 Å². The van der Waals surface area contributed by atoms with Gasteiger partial charge in [-0.25, -0.2) is 24.4 Å². The number of carboxylic acid groups (broad SMARTS) is 2. The number of aliphatic carboxylic acids is 2. The number of rotatable bonds is 7. The fourth-order valence-electron chi connectivity index (χ4n) is 5.64. The van der Waals surface area contributed by atoms with Crippen molar-refractivity contribution >= 4 is 24.1 Å². The molecule has 0 bridgehead atoms. The number of hydrogen-bond donors (Lipinski definition) is 2. The van der Waals surface area contributed by atoms with E-state index in [1.54, 1.807) is 12.2 Å². The van der Waals surface area contributed by atoms with E-state index in [2.05, 4.69) is 9.98 Å². The number of isocyanates is 2. The van der Waals surface area contributed by atoms with E-state index < -0.39 is 18.4 Å². The molecule has 2 fully saturated rings. The molecule has 170 valence electrons. The van der Waals surface area contributed by atoms with Gasteiger partial charge < -0.3 is 10.2 Å². The van der Waals surface area contributed by atoms with Crippen LogP contribution in [0.4, 0.5) is 0 Å². The average Bonchev–Trinajstić information content (AvgIpc) is 2.68. The highest BCUT2D eigenvalue weighted by Gasteiger charge is 2.44. The molecule has 2 saturated carbocycles.